The van der Waals surface area contributed by atoms with Crippen molar-refractivity contribution in [3.8, 4) is 17.0 Å². The third-order valence-electron chi connectivity index (χ3n) is 3.67. The standard InChI is InChI=1S/C16H20N2O2S.CH2O2/c1-19-16-7-3-2-6-14(16)15-9-13(20-18-15)10-17-12-5-4-8-21-11-12;2-1-3/h2-3,6-7,9,12,17H,4-5,8,10-11H2,1H3;1H,(H,2,3). The predicted octanol–water partition coefficient (Wildman–Crippen LogP) is 3.04. The van der Waals surface area contributed by atoms with Gasteiger partial charge in [0, 0.05) is 23.4 Å². The Morgan fingerprint density at radius 3 is 3.00 bits per heavy atom. The largest absolute Gasteiger partial charge is 0.496 e. The molecule has 1 aliphatic rings. The first-order valence-electron chi connectivity index (χ1n) is 7.76. The molecule has 0 aliphatic carbocycles. The Morgan fingerprint density at radius 1 is 1.50 bits per heavy atom. The van der Waals surface area contributed by atoms with Gasteiger partial charge in [0.1, 0.15) is 11.4 Å². The molecule has 0 amide bonds. The lowest BCUT2D eigenvalue weighted by Crippen LogP contribution is -2.33. The number of methoxy groups -OCH3 is 1. The van der Waals surface area contributed by atoms with Crippen LogP contribution in [0.3, 0.4) is 0 Å². The van der Waals surface area contributed by atoms with Crippen molar-refractivity contribution in [2.24, 2.45) is 0 Å². The molecule has 2 heterocycles. The summed E-state index contributed by atoms with van der Waals surface area (Å²) in [5.74, 6) is 4.16. The van der Waals surface area contributed by atoms with Crippen LogP contribution in [0.15, 0.2) is 34.9 Å². The smallest absolute Gasteiger partial charge is 0.290 e. The lowest BCUT2D eigenvalue weighted by Gasteiger charge is -2.21. The van der Waals surface area contributed by atoms with Gasteiger partial charge in [-0.15, -0.1) is 0 Å². The molecule has 1 aliphatic heterocycles. The van der Waals surface area contributed by atoms with Gasteiger partial charge < -0.3 is 19.7 Å². The van der Waals surface area contributed by atoms with E-state index >= 15 is 0 Å². The van der Waals surface area contributed by atoms with E-state index in [2.05, 4.69) is 10.5 Å². The normalized spacial score (nSPS) is 16.8. The van der Waals surface area contributed by atoms with E-state index in [-0.39, 0.29) is 6.47 Å². The van der Waals surface area contributed by atoms with E-state index in [0.29, 0.717) is 6.04 Å². The first-order valence-corrected chi connectivity index (χ1v) is 8.92. The summed E-state index contributed by atoms with van der Waals surface area (Å²) in [7, 11) is 1.67. The van der Waals surface area contributed by atoms with Gasteiger partial charge in [0.2, 0.25) is 0 Å². The van der Waals surface area contributed by atoms with Crippen molar-refractivity contribution < 1.29 is 19.2 Å². The van der Waals surface area contributed by atoms with Crippen LogP contribution in [0.25, 0.3) is 11.3 Å². The van der Waals surface area contributed by atoms with Crippen LogP contribution in [-0.2, 0) is 11.3 Å². The highest BCUT2D eigenvalue weighted by Gasteiger charge is 2.15. The third-order valence-corrected chi connectivity index (χ3v) is 4.88. The predicted molar refractivity (Wildman–Crippen MR) is 94.4 cm³/mol. The molecule has 0 saturated carbocycles. The van der Waals surface area contributed by atoms with Gasteiger partial charge in [-0.1, -0.05) is 17.3 Å². The van der Waals surface area contributed by atoms with Gasteiger partial charge in [0.05, 0.1) is 13.7 Å². The maximum Gasteiger partial charge on any atom is 0.290 e. The third kappa shape index (κ3) is 5.28. The zero-order valence-corrected chi connectivity index (χ0v) is 14.4. The fourth-order valence-electron chi connectivity index (χ4n) is 2.53. The van der Waals surface area contributed by atoms with Crippen LogP contribution in [0.2, 0.25) is 0 Å². The summed E-state index contributed by atoms with van der Waals surface area (Å²) in [6, 6.07) is 10.4. The highest BCUT2D eigenvalue weighted by atomic mass is 32.2. The monoisotopic (exact) mass is 350 g/mol. The summed E-state index contributed by atoms with van der Waals surface area (Å²) in [5.41, 5.74) is 1.78. The van der Waals surface area contributed by atoms with E-state index in [1.54, 1.807) is 7.11 Å². The van der Waals surface area contributed by atoms with E-state index in [1.165, 1.54) is 24.3 Å². The zero-order valence-electron chi connectivity index (χ0n) is 13.6. The lowest BCUT2D eigenvalue weighted by atomic mass is 10.1. The molecule has 0 radical (unpaired) electrons. The number of para-hydroxylation sites is 1. The molecule has 2 aromatic rings. The number of benzene rings is 1. The number of ether oxygens (including phenoxy) is 1. The number of hydrogen-bond donors (Lipinski definition) is 2. The van der Waals surface area contributed by atoms with Crippen LogP contribution >= 0.6 is 11.8 Å². The first kappa shape index (κ1) is 18.4. The number of nitrogens with zero attached hydrogens (tertiary/aromatic N) is 1. The van der Waals surface area contributed by atoms with E-state index in [4.69, 9.17) is 19.2 Å². The van der Waals surface area contributed by atoms with Crippen molar-refractivity contribution in [1.29, 1.82) is 0 Å². The Morgan fingerprint density at radius 2 is 2.29 bits per heavy atom. The Bertz CT molecular complexity index is 627. The SMILES string of the molecule is COc1ccccc1-c1cc(CNC2CCCSC2)on1.O=CO. The molecule has 2 N–H and O–H groups in total. The second-order valence-corrected chi connectivity index (χ2v) is 6.43. The molecule has 24 heavy (non-hydrogen) atoms. The van der Waals surface area contributed by atoms with Gasteiger partial charge in [0.25, 0.3) is 6.47 Å². The Balaban J connectivity index is 0.000000647. The quantitative estimate of drug-likeness (QED) is 0.802. The molecule has 7 heteroatoms. The van der Waals surface area contributed by atoms with Crippen molar-refractivity contribution >= 4 is 18.2 Å². The van der Waals surface area contributed by atoms with E-state index in [9.17, 15) is 0 Å². The highest BCUT2D eigenvalue weighted by Crippen LogP contribution is 2.29. The molecule has 0 bridgehead atoms. The molecule has 6 nitrogen and oxygen atoms in total. The summed E-state index contributed by atoms with van der Waals surface area (Å²) in [5, 5.41) is 14.6. The van der Waals surface area contributed by atoms with Gasteiger partial charge in [-0.2, -0.15) is 11.8 Å². The number of carboxylic acid groups (broad SMARTS) is 1. The van der Waals surface area contributed by atoms with E-state index in [1.807, 2.05) is 42.1 Å². The maximum absolute atomic E-state index is 8.36. The average molecular weight is 350 g/mol. The van der Waals surface area contributed by atoms with Crippen molar-refractivity contribution in [2.75, 3.05) is 18.6 Å². The van der Waals surface area contributed by atoms with Gasteiger partial charge in [-0.25, -0.2) is 0 Å². The number of nitrogens with one attached hydrogen (secondary N) is 1. The van der Waals surface area contributed by atoms with Gasteiger partial charge in [-0.3, -0.25) is 4.79 Å². The number of aromatic nitrogens is 1. The molecule has 130 valence electrons. The van der Waals surface area contributed by atoms with E-state index < -0.39 is 0 Å². The molecule has 1 unspecified atom stereocenters. The summed E-state index contributed by atoms with van der Waals surface area (Å²) < 4.78 is 10.8. The molecule has 0 spiro atoms. The van der Waals surface area contributed by atoms with Crippen LogP contribution in [0, 0.1) is 0 Å². The van der Waals surface area contributed by atoms with E-state index in [0.717, 1.165) is 29.3 Å². The average Bonchev–Trinajstić information content (AvgIpc) is 3.10. The molecule has 1 fully saturated rings. The second kappa shape index (κ2) is 10.00. The fourth-order valence-corrected chi connectivity index (χ4v) is 3.63. The minimum atomic E-state index is -0.250. The topological polar surface area (TPSA) is 84.6 Å². The van der Waals surface area contributed by atoms with Crippen LogP contribution in [0.5, 0.6) is 5.75 Å². The lowest BCUT2D eigenvalue weighted by molar-refractivity contribution is -0.122. The second-order valence-electron chi connectivity index (χ2n) is 5.28. The number of thioether (sulfide) groups is 1. The molecule has 1 atom stereocenters. The summed E-state index contributed by atoms with van der Waals surface area (Å²) >= 11 is 2.02. The van der Waals surface area contributed by atoms with Crippen molar-refractivity contribution in [1.82, 2.24) is 10.5 Å². The molecular weight excluding hydrogens is 328 g/mol. The maximum atomic E-state index is 8.36. The van der Waals surface area contributed by atoms with Crippen LogP contribution < -0.4 is 10.1 Å². The molecule has 3 rings (SSSR count). The minimum Gasteiger partial charge on any atom is -0.496 e. The Labute approximate surface area is 145 Å². The van der Waals surface area contributed by atoms with Crippen LogP contribution in [-0.4, -0.2) is 41.4 Å². The number of hydrogen-bond acceptors (Lipinski definition) is 6. The zero-order chi connectivity index (χ0) is 17.2. The van der Waals surface area contributed by atoms with Crippen LogP contribution in [0.1, 0.15) is 18.6 Å². The van der Waals surface area contributed by atoms with Gasteiger partial charge >= 0.3 is 0 Å². The number of carbonyl (C=O) groups is 1. The Kier molecular flexibility index (Phi) is 7.64. The summed E-state index contributed by atoms with van der Waals surface area (Å²) in [6.07, 6.45) is 2.55. The van der Waals surface area contributed by atoms with Crippen molar-refractivity contribution in [2.45, 2.75) is 25.4 Å². The van der Waals surface area contributed by atoms with Gasteiger partial charge in [-0.05, 0) is 30.7 Å². The van der Waals surface area contributed by atoms with Crippen LogP contribution in [0.4, 0.5) is 0 Å². The molecule has 1 aromatic heterocycles. The number of rotatable bonds is 5. The van der Waals surface area contributed by atoms with Crippen molar-refractivity contribution in [3.05, 3.63) is 36.1 Å². The highest BCUT2D eigenvalue weighted by molar-refractivity contribution is 7.99. The minimum absolute atomic E-state index is 0.250. The first-order chi connectivity index (χ1) is 11.8. The summed E-state index contributed by atoms with van der Waals surface area (Å²) in [4.78, 5) is 8.36. The Hall–Kier alpha value is -1.99. The summed E-state index contributed by atoms with van der Waals surface area (Å²) in [6.45, 7) is 0.480. The van der Waals surface area contributed by atoms with Crippen molar-refractivity contribution in [3.63, 3.8) is 0 Å². The molecular formula is C17H22N2O4S. The fraction of sp³-hybridized carbons (Fsp3) is 0.412. The van der Waals surface area contributed by atoms with Gasteiger partial charge in [0.15, 0.2) is 5.76 Å². The molecule has 1 aromatic carbocycles. The molecule has 1 saturated heterocycles.